The highest BCUT2D eigenvalue weighted by atomic mass is 32.2. The summed E-state index contributed by atoms with van der Waals surface area (Å²) in [6, 6.07) is 6.61. The lowest BCUT2D eigenvalue weighted by Gasteiger charge is -2.02. The average molecular weight is 197 g/mol. The van der Waals surface area contributed by atoms with Crippen LogP contribution in [0.1, 0.15) is 5.56 Å². The molecule has 0 bridgehead atoms. The lowest BCUT2D eigenvalue weighted by Crippen LogP contribution is -2.24. The molecule has 0 aliphatic heterocycles. The van der Waals surface area contributed by atoms with Gasteiger partial charge in [0.1, 0.15) is 0 Å². The Balaban J connectivity index is 2.81. The minimum atomic E-state index is -1.11. The van der Waals surface area contributed by atoms with Crippen molar-refractivity contribution in [1.82, 2.24) is 0 Å². The summed E-state index contributed by atoms with van der Waals surface area (Å²) in [7, 11) is -1.01. The smallest absolute Gasteiger partial charge is 0.0498 e. The van der Waals surface area contributed by atoms with Crippen molar-refractivity contribution in [1.29, 1.82) is 0 Å². The molecule has 0 radical (unpaired) electrons. The minimum absolute atomic E-state index is 0.101. The van der Waals surface area contributed by atoms with Crippen LogP contribution in [0, 0.1) is 0 Å². The highest BCUT2D eigenvalue weighted by Crippen LogP contribution is 2.07. The monoisotopic (exact) mass is 197 g/mol. The van der Waals surface area contributed by atoms with E-state index in [0.717, 1.165) is 0 Å². The van der Waals surface area contributed by atoms with Gasteiger partial charge in [-0.2, -0.15) is 0 Å². The van der Waals surface area contributed by atoms with E-state index >= 15 is 0 Å². The summed E-state index contributed by atoms with van der Waals surface area (Å²) in [6.45, 7) is 0. The van der Waals surface area contributed by atoms with Gasteiger partial charge in [0.25, 0.3) is 0 Å². The SMILES string of the molecule is CS(=O)c1ccc(CC(=O)[O-])cc1. The van der Waals surface area contributed by atoms with Crippen LogP contribution in [-0.4, -0.2) is 16.4 Å². The molecule has 0 aliphatic carbocycles. The van der Waals surface area contributed by atoms with Crippen LogP contribution < -0.4 is 5.11 Å². The van der Waals surface area contributed by atoms with Gasteiger partial charge >= 0.3 is 0 Å². The van der Waals surface area contributed by atoms with Crippen molar-refractivity contribution in [2.75, 3.05) is 6.26 Å². The molecule has 3 nitrogen and oxygen atoms in total. The topological polar surface area (TPSA) is 57.2 Å². The molecule has 0 aliphatic rings. The van der Waals surface area contributed by atoms with Gasteiger partial charge in [-0.25, -0.2) is 0 Å². The number of benzene rings is 1. The van der Waals surface area contributed by atoms with Gasteiger partial charge in [-0.05, 0) is 17.7 Å². The summed E-state index contributed by atoms with van der Waals surface area (Å²) in [6.07, 6.45) is 1.48. The quantitative estimate of drug-likeness (QED) is 0.669. The molecule has 0 N–H and O–H groups in total. The molecule has 4 heteroatoms. The van der Waals surface area contributed by atoms with Crippen molar-refractivity contribution in [2.45, 2.75) is 11.3 Å². The van der Waals surface area contributed by atoms with Crippen molar-refractivity contribution >= 4 is 16.8 Å². The van der Waals surface area contributed by atoms with Gasteiger partial charge in [0.05, 0.1) is 0 Å². The number of carboxylic acids is 1. The Morgan fingerprint density at radius 2 is 1.92 bits per heavy atom. The number of rotatable bonds is 3. The molecule has 1 aromatic carbocycles. The Bertz CT molecular complexity index is 329. The highest BCUT2D eigenvalue weighted by Gasteiger charge is 1.97. The maximum absolute atomic E-state index is 11.0. The van der Waals surface area contributed by atoms with Gasteiger partial charge in [-0.15, -0.1) is 0 Å². The standard InChI is InChI=1S/C9H10O3S/c1-13(12)8-4-2-7(3-5-8)6-9(10)11/h2-5H,6H2,1H3,(H,10,11)/p-1. The summed E-state index contributed by atoms with van der Waals surface area (Å²) in [5.74, 6) is -1.11. The molecule has 1 unspecified atom stereocenters. The molecule has 70 valence electrons. The Hall–Kier alpha value is -1.16. The first-order chi connectivity index (χ1) is 6.09. The van der Waals surface area contributed by atoms with Gasteiger partial charge in [0, 0.05) is 34.3 Å². The first-order valence-corrected chi connectivity index (χ1v) is 5.27. The molecule has 0 fully saturated rings. The molecular weight excluding hydrogens is 188 g/mol. The van der Waals surface area contributed by atoms with E-state index in [1.54, 1.807) is 30.5 Å². The lowest BCUT2D eigenvalue weighted by molar-refractivity contribution is -0.304. The molecule has 0 saturated heterocycles. The van der Waals surface area contributed by atoms with E-state index in [2.05, 4.69) is 0 Å². The van der Waals surface area contributed by atoms with Crippen LogP contribution in [0.15, 0.2) is 29.2 Å². The Morgan fingerprint density at radius 1 is 1.38 bits per heavy atom. The average Bonchev–Trinajstić information content (AvgIpc) is 2.04. The predicted molar refractivity (Wildman–Crippen MR) is 47.5 cm³/mol. The second-order valence-corrected chi connectivity index (χ2v) is 4.03. The second-order valence-electron chi connectivity index (χ2n) is 2.65. The maximum Gasteiger partial charge on any atom is 0.0498 e. The van der Waals surface area contributed by atoms with E-state index < -0.39 is 16.8 Å². The molecule has 0 amide bonds. The summed E-state index contributed by atoms with van der Waals surface area (Å²) >= 11 is 0. The summed E-state index contributed by atoms with van der Waals surface area (Å²) in [5.41, 5.74) is 0.661. The summed E-state index contributed by atoms with van der Waals surface area (Å²) in [4.78, 5) is 10.9. The van der Waals surface area contributed by atoms with E-state index in [1.165, 1.54) is 0 Å². The molecule has 1 aromatic rings. The highest BCUT2D eigenvalue weighted by molar-refractivity contribution is 7.84. The van der Waals surface area contributed by atoms with Crippen LogP contribution in [0.2, 0.25) is 0 Å². The van der Waals surface area contributed by atoms with Crippen LogP contribution in [0.3, 0.4) is 0 Å². The van der Waals surface area contributed by atoms with E-state index in [1.807, 2.05) is 0 Å². The van der Waals surface area contributed by atoms with Crippen LogP contribution in [0.25, 0.3) is 0 Å². The van der Waals surface area contributed by atoms with E-state index in [4.69, 9.17) is 0 Å². The normalized spacial score (nSPS) is 12.4. The largest absolute Gasteiger partial charge is 0.550 e. The number of hydrogen-bond acceptors (Lipinski definition) is 3. The molecular formula is C9H9O3S-. The Labute approximate surface area is 78.9 Å². The van der Waals surface area contributed by atoms with Crippen molar-refractivity contribution in [2.24, 2.45) is 0 Å². The van der Waals surface area contributed by atoms with Crippen LogP contribution in [0.5, 0.6) is 0 Å². The van der Waals surface area contributed by atoms with Gasteiger partial charge < -0.3 is 9.90 Å². The van der Waals surface area contributed by atoms with Crippen molar-refractivity contribution in [3.8, 4) is 0 Å². The Kier molecular flexibility index (Phi) is 3.19. The molecule has 0 saturated carbocycles. The molecule has 13 heavy (non-hydrogen) atoms. The molecule has 1 atom stereocenters. The maximum atomic E-state index is 11.0. The first-order valence-electron chi connectivity index (χ1n) is 3.72. The van der Waals surface area contributed by atoms with Crippen LogP contribution in [-0.2, 0) is 22.0 Å². The van der Waals surface area contributed by atoms with Gasteiger partial charge in [0.2, 0.25) is 0 Å². The number of aliphatic carboxylic acids is 1. The number of carboxylic acid groups (broad SMARTS) is 1. The van der Waals surface area contributed by atoms with Gasteiger partial charge in [-0.1, -0.05) is 12.1 Å². The third kappa shape index (κ3) is 2.99. The number of hydrogen-bond donors (Lipinski definition) is 0. The fourth-order valence-corrected chi connectivity index (χ4v) is 1.48. The summed E-state index contributed by atoms with van der Waals surface area (Å²) < 4.78 is 11.0. The van der Waals surface area contributed by atoms with Crippen molar-refractivity contribution in [3.63, 3.8) is 0 Å². The molecule has 0 spiro atoms. The number of carbonyl (C=O) groups is 1. The third-order valence-electron chi connectivity index (χ3n) is 1.60. The Morgan fingerprint density at radius 3 is 2.31 bits per heavy atom. The fourth-order valence-electron chi connectivity index (χ4n) is 0.966. The lowest BCUT2D eigenvalue weighted by atomic mass is 10.2. The van der Waals surface area contributed by atoms with Crippen LogP contribution in [0.4, 0.5) is 0 Å². The van der Waals surface area contributed by atoms with E-state index in [-0.39, 0.29) is 6.42 Å². The zero-order valence-electron chi connectivity index (χ0n) is 7.15. The van der Waals surface area contributed by atoms with Crippen LogP contribution >= 0.6 is 0 Å². The zero-order valence-corrected chi connectivity index (χ0v) is 7.97. The van der Waals surface area contributed by atoms with E-state index in [0.29, 0.717) is 10.5 Å². The second kappa shape index (κ2) is 4.18. The van der Waals surface area contributed by atoms with Gasteiger partial charge in [-0.3, -0.25) is 4.21 Å². The fraction of sp³-hybridized carbons (Fsp3) is 0.222. The first kappa shape index (κ1) is 9.92. The van der Waals surface area contributed by atoms with Crippen molar-refractivity contribution < 1.29 is 14.1 Å². The molecule has 0 heterocycles. The summed E-state index contributed by atoms with van der Waals surface area (Å²) in [5, 5.41) is 10.2. The van der Waals surface area contributed by atoms with Gasteiger partial charge in [0.15, 0.2) is 0 Å². The zero-order chi connectivity index (χ0) is 9.84. The van der Waals surface area contributed by atoms with E-state index in [9.17, 15) is 14.1 Å². The molecule has 0 aromatic heterocycles. The minimum Gasteiger partial charge on any atom is -0.550 e. The van der Waals surface area contributed by atoms with Crippen molar-refractivity contribution in [3.05, 3.63) is 29.8 Å². The third-order valence-corrected chi connectivity index (χ3v) is 2.54. The number of carbonyl (C=O) groups excluding carboxylic acids is 1. The molecule has 1 rings (SSSR count). The predicted octanol–water partition coefficient (Wildman–Crippen LogP) is -0.284.